The van der Waals surface area contributed by atoms with E-state index in [0.717, 1.165) is 22.9 Å². The van der Waals surface area contributed by atoms with Crippen LogP contribution in [0.3, 0.4) is 0 Å². The van der Waals surface area contributed by atoms with Crippen molar-refractivity contribution in [3.05, 3.63) is 53.3 Å². The number of hydroxylamine groups is 1. The zero-order valence-electron chi connectivity index (χ0n) is 15.8. The first kappa shape index (κ1) is 21.9. The maximum Gasteiger partial charge on any atom is 0.438 e. The molecule has 0 unspecified atom stereocenters. The first-order valence-corrected chi connectivity index (χ1v) is 9.47. The summed E-state index contributed by atoms with van der Waals surface area (Å²) in [7, 11) is 2.50. The molecule has 11 heteroatoms. The van der Waals surface area contributed by atoms with Crippen LogP contribution >= 0.6 is 11.8 Å². The molecule has 0 saturated heterocycles. The lowest BCUT2D eigenvalue weighted by molar-refractivity contribution is -0.139. The molecule has 160 valence electrons. The van der Waals surface area contributed by atoms with Crippen LogP contribution in [0.25, 0.3) is 0 Å². The molecular formula is C19H16F4N2O4S. The number of carbonyl (C=O) groups excluding carboxylic acids is 1. The van der Waals surface area contributed by atoms with Crippen LogP contribution in [0.5, 0.6) is 5.75 Å². The molecule has 0 bridgehead atoms. The Morgan fingerprint density at radius 1 is 1.23 bits per heavy atom. The van der Waals surface area contributed by atoms with Crippen molar-refractivity contribution >= 4 is 34.3 Å². The fourth-order valence-corrected chi connectivity index (χ4v) is 3.63. The lowest BCUT2D eigenvalue weighted by Crippen LogP contribution is -2.30. The van der Waals surface area contributed by atoms with Gasteiger partial charge in [-0.25, -0.2) is 14.2 Å². The fourth-order valence-electron chi connectivity index (χ4n) is 2.76. The third-order valence-corrected chi connectivity index (χ3v) is 5.09. The Labute approximate surface area is 173 Å². The molecule has 0 fully saturated rings. The number of rotatable bonds is 4. The highest BCUT2D eigenvalue weighted by molar-refractivity contribution is 8.13. The number of carbonyl (C=O) groups is 1. The van der Waals surface area contributed by atoms with E-state index in [1.54, 1.807) is 24.3 Å². The number of anilines is 1. The quantitative estimate of drug-likeness (QED) is 0.471. The van der Waals surface area contributed by atoms with Crippen molar-refractivity contribution in [1.29, 1.82) is 0 Å². The molecule has 0 atom stereocenters. The van der Waals surface area contributed by atoms with Gasteiger partial charge in [-0.05, 0) is 23.8 Å². The van der Waals surface area contributed by atoms with Gasteiger partial charge in [-0.3, -0.25) is 4.84 Å². The van der Waals surface area contributed by atoms with Gasteiger partial charge in [0.2, 0.25) is 0 Å². The first-order valence-electron chi connectivity index (χ1n) is 8.49. The maximum absolute atomic E-state index is 13.8. The molecule has 0 N–H and O–H groups in total. The number of benzene rings is 2. The molecule has 2 aromatic rings. The van der Waals surface area contributed by atoms with Gasteiger partial charge in [-0.15, -0.1) is 11.8 Å². The largest absolute Gasteiger partial charge is 0.484 e. The first-order chi connectivity index (χ1) is 14.3. The molecule has 1 aliphatic heterocycles. The minimum absolute atomic E-state index is 0.0617. The zero-order valence-corrected chi connectivity index (χ0v) is 16.6. The molecule has 0 radical (unpaired) electrons. The van der Waals surface area contributed by atoms with Crippen molar-refractivity contribution in [3.8, 4) is 5.75 Å². The number of hydrogen-bond donors (Lipinski definition) is 0. The highest BCUT2D eigenvalue weighted by Gasteiger charge is 2.39. The van der Waals surface area contributed by atoms with Gasteiger partial charge in [-0.1, -0.05) is 18.2 Å². The second kappa shape index (κ2) is 8.92. The number of ether oxygens (including phenoxy) is 2. The van der Waals surface area contributed by atoms with Crippen LogP contribution in [0, 0.1) is 5.82 Å². The summed E-state index contributed by atoms with van der Waals surface area (Å²) in [4.78, 5) is 20.9. The van der Waals surface area contributed by atoms with Crippen LogP contribution in [0.1, 0.15) is 11.1 Å². The van der Waals surface area contributed by atoms with Crippen molar-refractivity contribution < 1.29 is 36.7 Å². The number of fused-ring (bicyclic) bond motifs is 1. The monoisotopic (exact) mass is 444 g/mol. The number of methoxy groups -OCH3 is 1. The number of hydrogen-bond acceptors (Lipinski definition) is 6. The van der Waals surface area contributed by atoms with E-state index in [4.69, 9.17) is 9.57 Å². The van der Waals surface area contributed by atoms with E-state index in [-0.39, 0.29) is 23.2 Å². The van der Waals surface area contributed by atoms with Gasteiger partial charge < -0.3 is 9.47 Å². The minimum atomic E-state index is -4.92. The van der Waals surface area contributed by atoms with Crippen LogP contribution < -0.4 is 9.80 Å². The topological polar surface area (TPSA) is 60.4 Å². The minimum Gasteiger partial charge on any atom is -0.484 e. The number of nitrogens with zero attached hydrogens (tertiary/aromatic N) is 2. The highest BCUT2D eigenvalue weighted by atomic mass is 32.2. The van der Waals surface area contributed by atoms with Gasteiger partial charge in [0.15, 0.2) is 0 Å². The molecular weight excluding hydrogens is 428 g/mol. The van der Waals surface area contributed by atoms with E-state index in [9.17, 15) is 22.4 Å². The van der Waals surface area contributed by atoms with Crippen molar-refractivity contribution in [2.24, 2.45) is 4.99 Å². The van der Waals surface area contributed by atoms with E-state index in [1.807, 2.05) is 0 Å². The number of alkyl halides is 3. The highest BCUT2D eigenvalue weighted by Crippen LogP contribution is 2.45. The van der Waals surface area contributed by atoms with Crippen LogP contribution in [0.2, 0.25) is 0 Å². The number of aliphatic imine (C=N–C) groups is 1. The molecule has 0 saturated carbocycles. The Morgan fingerprint density at radius 2 is 1.97 bits per heavy atom. The molecule has 6 nitrogen and oxygen atoms in total. The summed E-state index contributed by atoms with van der Waals surface area (Å²) in [6.07, 6.45) is -5.66. The molecule has 0 aromatic heterocycles. The molecule has 1 aliphatic rings. The summed E-state index contributed by atoms with van der Waals surface area (Å²) < 4.78 is 63.6. The molecule has 30 heavy (non-hydrogen) atoms. The van der Waals surface area contributed by atoms with E-state index in [2.05, 4.69) is 9.73 Å². The summed E-state index contributed by atoms with van der Waals surface area (Å²) in [6, 6.07) is 8.59. The van der Waals surface area contributed by atoms with Crippen molar-refractivity contribution in [1.82, 2.24) is 0 Å². The second-order valence-corrected chi connectivity index (χ2v) is 6.97. The van der Waals surface area contributed by atoms with Crippen LogP contribution in [-0.4, -0.2) is 32.0 Å². The predicted octanol–water partition coefficient (Wildman–Crippen LogP) is 5.33. The van der Waals surface area contributed by atoms with Crippen molar-refractivity contribution in [2.75, 3.05) is 25.9 Å². The average Bonchev–Trinajstić information content (AvgIpc) is 2.72. The Kier molecular flexibility index (Phi) is 6.52. The summed E-state index contributed by atoms with van der Waals surface area (Å²) in [5.74, 6) is -1.31. The number of para-hydroxylation sites is 1. The van der Waals surface area contributed by atoms with Gasteiger partial charge in [-0.2, -0.15) is 18.2 Å². The molecule has 3 rings (SSSR count). The van der Waals surface area contributed by atoms with Gasteiger partial charge in [0, 0.05) is 5.75 Å². The van der Waals surface area contributed by atoms with E-state index in [1.165, 1.54) is 14.2 Å². The lowest BCUT2D eigenvalue weighted by Gasteiger charge is -2.22. The third-order valence-electron chi connectivity index (χ3n) is 4.09. The average molecular weight is 444 g/mol. The Hall–Kier alpha value is -2.79. The van der Waals surface area contributed by atoms with Crippen molar-refractivity contribution in [3.63, 3.8) is 0 Å². The SMILES string of the molecule is COC(=O)N(OC)c1ccccc1CSC1=Nc2c(ccc(F)c2C(F)(F)F)OC1. The molecule has 0 spiro atoms. The van der Waals surface area contributed by atoms with Gasteiger partial charge in [0.1, 0.15) is 34.5 Å². The Balaban J connectivity index is 1.87. The standard InChI is InChI=1S/C19H16F4N2O4S/c1-27-18(26)25(28-2)13-6-4-3-5-11(13)10-30-15-9-29-14-8-7-12(20)16(17(14)24-15)19(21,22)23/h3-8H,9-10H2,1-2H3. The van der Waals surface area contributed by atoms with E-state index >= 15 is 0 Å². The van der Waals surface area contributed by atoms with Gasteiger partial charge >= 0.3 is 12.3 Å². The van der Waals surface area contributed by atoms with E-state index in [0.29, 0.717) is 17.3 Å². The Morgan fingerprint density at radius 3 is 2.63 bits per heavy atom. The van der Waals surface area contributed by atoms with Gasteiger partial charge in [0.25, 0.3) is 0 Å². The Bertz CT molecular complexity index is 981. The second-order valence-electron chi connectivity index (χ2n) is 5.93. The van der Waals surface area contributed by atoms with Gasteiger partial charge in [0.05, 0.1) is 19.9 Å². The smallest absolute Gasteiger partial charge is 0.438 e. The maximum atomic E-state index is 13.8. The summed E-state index contributed by atoms with van der Waals surface area (Å²) in [5, 5.41) is 1.18. The summed E-state index contributed by atoms with van der Waals surface area (Å²) in [5.41, 5.74) is -1.01. The molecule has 2 aromatic carbocycles. The van der Waals surface area contributed by atoms with Crippen molar-refractivity contribution in [2.45, 2.75) is 11.9 Å². The van der Waals surface area contributed by atoms with E-state index < -0.39 is 29.3 Å². The number of amides is 1. The molecule has 1 amide bonds. The van der Waals surface area contributed by atoms with Crippen LogP contribution in [-0.2, 0) is 21.5 Å². The number of thioether (sulfide) groups is 1. The lowest BCUT2D eigenvalue weighted by atomic mass is 10.1. The summed E-state index contributed by atoms with van der Waals surface area (Å²) >= 11 is 1.10. The summed E-state index contributed by atoms with van der Waals surface area (Å²) in [6.45, 7) is -0.0617. The fraction of sp³-hybridized carbons (Fsp3) is 0.263. The number of halogens is 4. The third kappa shape index (κ3) is 4.51. The normalized spacial score (nSPS) is 13.2. The van der Waals surface area contributed by atoms with Crippen LogP contribution in [0.15, 0.2) is 41.4 Å². The molecule has 0 aliphatic carbocycles. The predicted molar refractivity (Wildman–Crippen MR) is 104 cm³/mol. The zero-order chi connectivity index (χ0) is 21.9. The van der Waals surface area contributed by atoms with Crippen LogP contribution in [0.4, 0.5) is 33.7 Å². The molecule has 1 heterocycles.